The summed E-state index contributed by atoms with van der Waals surface area (Å²) >= 11 is 7.88. The van der Waals surface area contributed by atoms with E-state index in [9.17, 15) is 14.0 Å². The van der Waals surface area contributed by atoms with Crippen molar-refractivity contribution in [1.29, 1.82) is 5.26 Å². The lowest BCUT2D eigenvalue weighted by atomic mass is 9.90. The molecule has 4 aromatic rings. The molecule has 44 heavy (non-hydrogen) atoms. The number of anilines is 2. The maximum atomic E-state index is 16.9. The van der Waals surface area contributed by atoms with Crippen LogP contribution in [0, 0.1) is 23.0 Å². The van der Waals surface area contributed by atoms with Crippen LogP contribution in [0.5, 0.6) is 11.8 Å². The van der Waals surface area contributed by atoms with E-state index >= 15 is 4.39 Å². The van der Waals surface area contributed by atoms with Gasteiger partial charge in [0.2, 0.25) is 0 Å². The van der Waals surface area contributed by atoms with E-state index in [1.807, 2.05) is 6.07 Å². The zero-order valence-electron chi connectivity index (χ0n) is 23.6. The van der Waals surface area contributed by atoms with Crippen molar-refractivity contribution in [1.82, 2.24) is 14.9 Å². The summed E-state index contributed by atoms with van der Waals surface area (Å²) in [5, 5.41) is 10.5. The molecule has 2 aromatic heterocycles. The number of nitrogen functional groups attached to an aromatic ring is 1. The van der Waals surface area contributed by atoms with E-state index in [4.69, 9.17) is 31.8 Å². The molecule has 8 rings (SSSR count). The number of nitriles is 1. The molecule has 8 nitrogen and oxygen atoms in total. The van der Waals surface area contributed by atoms with Crippen molar-refractivity contribution in [2.45, 2.75) is 56.3 Å². The fraction of sp³-hybridized carbons (Fsp3) is 0.452. The molecule has 2 aromatic carbocycles. The number of rotatable bonds is 5. The van der Waals surface area contributed by atoms with E-state index in [0.29, 0.717) is 43.6 Å². The SMILES string of the molecule is N#Cc1c(N)sc2c(F)ccc(-c3c(Cl)c4c5c(nc(OCC[C@@]67CCCN6C[C@H](F)C7)nc5c3F)N3CC[C@@H]3CCO4)c12. The minimum Gasteiger partial charge on any atom is -0.491 e. The predicted octanol–water partition coefficient (Wildman–Crippen LogP) is 6.60. The average Bonchev–Trinajstić information content (AvgIpc) is 3.62. The van der Waals surface area contributed by atoms with E-state index in [-0.39, 0.29) is 72.3 Å². The van der Waals surface area contributed by atoms with Crippen LogP contribution >= 0.6 is 22.9 Å². The van der Waals surface area contributed by atoms with E-state index < -0.39 is 17.8 Å². The number of hydrogen-bond acceptors (Lipinski definition) is 9. The Kier molecular flexibility index (Phi) is 6.52. The van der Waals surface area contributed by atoms with Crippen molar-refractivity contribution in [3.05, 3.63) is 34.4 Å². The molecule has 0 bridgehead atoms. The third-order valence-electron chi connectivity index (χ3n) is 9.81. The van der Waals surface area contributed by atoms with Crippen molar-refractivity contribution in [3.63, 3.8) is 0 Å². The summed E-state index contributed by atoms with van der Waals surface area (Å²) < 4.78 is 58.5. The van der Waals surface area contributed by atoms with Crippen LogP contribution in [0.4, 0.5) is 24.0 Å². The predicted molar refractivity (Wildman–Crippen MR) is 163 cm³/mol. The number of nitrogens with zero attached hydrogens (tertiary/aromatic N) is 5. The van der Waals surface area contributed by atoms with Gasteiger partial charge in [-0.15, -0.1) is 11.3 Å². The average molecular weight is 641 g/mol. The first kappa shape index (κ1) is 28.0. The van der Waals surface area contributed by atoms with Gasteiger partial charge in [-0.25, -0.2) is 13.2 Å². The zero-order valence-corrected chi connectivity index (χ0v) is 25.2. The first-order chi connectivity index (χ1) is 21.3. The molecule has 0 spiro atoms. The second-order valence-corrected chi connectivity index (χ2v) is 13.5. The summed E-state index contributed by atoms with van der Waals surface area (Å²) in [6.07, 6.45) is 3.85. The summed E-state index contributed by atoms with van der Waals surface area (Å²) in [4.78, 5) is 13.6. The molecule has 0 aliphatic carbocycles. The third-order valence-corrected chi connectivity index (χ3v) is 11.2. The zero-order chi connectivity index (χ0) is 30.3. The molecule has 3 atom stereocenters. The van der Waals surface area contributed by atoms with Crippen molar-refractivity contribution >= 4 is 54.7 Å². The van der Waals surface area contributed by atoms with Crippen LogP contribution in [0.25, 0.3) is 32.1 Å². The van der Waals surface area contributed by atoms with Crippen molar-refractivity contribution in [3.8, 4) is 29.0 Å². The molecular weight excluding hydrogens is 613 g/mol. The van der Waals surface area contributed by atoms with E-state index in [1.54, 1.807) is 0 Å². The van der Waals surface area contributed by atoms with Crippen LogP contribution in [0.2, 0.25) is 5.02 Å². The van der Waals surface area contributed by atoms with Crippen molar-refractivity contribution in [2.75, 3.05) is 43.5 Å². The van der Waals surface area contributed by atoms with Gasteiger partial charge in [0.05, 0.1) is 33.9 Å². The first-order valence-corrected chi connectivity index (χ1v) is 16.0. The highest BCUT2D eigenvalue weighted by Crippen LogP contribution is 2.51. The summed E-state index contributed by atoms with van der Waals surface area (Å²) in [5.74, 6) is -0.627. The number of fused-ring (bicyclic) bond motifs is 4. The molecule has 0 amide bonds. The summed E-state index contributed by atoms with van der Waals surface area (Å²) in [7, 11) is 0. The molecule has 4 aliphatic heterocycles. The van der Waals surface area contributed by atoms with Gasteiger partial charge < -0.3 is 20.1 Å². The lowest BCUT2D eigenvalue weighted by Gasteiger charge is -2.43. The Morgan fingerprint density at radius 1 is 1.23 bits per heavy atom. The second kappa shape index (κ2) is 10.3. The van der Waals surface area contributed by atoms with Gasteiger partial charge in [0.15, 0.2) is 11.6 Å². The number of alkyl halides is 1. The number of hydrogen-bond donors (Lipinski definition) is 1. The lowest BCUT2D eigenvalue weighted by molar-refractivity contribution is 0.146. The van der Waals surface area contributed by atoms with Crippen LogP contribution < -0.4 is 20.1 Å². The Balaban J connectivity index is 1.28. The van der Waals surface area contributed by atoms with Crippen LogP contribution in [-0.2, 0) is 0 Å². The number of ether oxygens (including phenoxy) is 2. The summed E-state index contributed by atoms with van der Waals surface area (Å²) in [6, 6.07) is 4.82. The normalized spacial score (nSPS) is 24.4. The van der Waals surface area contributed by atoms with Gasteiger partial charge in [-0.3, -0.25) is 4.90 Å². The van der Waals surface area contributed by atoms with Gasteiger partial charge in [-0.1, -0.05) is 17.7 Å². The lowest BCUT2D eigenvalue weighted by Crippen LogP contribution is -2.49. The minimum absolute atomic E-state index is 0.00864. The third kappa shape index (κ3) is 4.05. The number of benzene rings is 2. The number of nitrogens with two attached hydrogens (primary N) is 1. The monoisotopic (exact) mass is 640 g/mol. The minimum atomic E-state index is -0.846. The number of aromatic nitrogens is 2. The maximum Gasteiger partial charge on any atom is 0.319 e. The quantitative estimate of drug-likeness (QED) is 0.260. The van der Waals surface area contributed by atoms with Gasteiger partial charge in [0.1, 0.15) is 34.4 Å². The molecule has 228 valence electrons. The van der Waals surface area contributed by atoms with Crippen LogP contribution in [-0.4, -0.2) is 65.5 Å². The largest absolute Gasteiger partial charge is 0.491 e. The van der Waals surface area contributed by atoms with Gasteiger partial charge in [-0.05, 0) is 43.9 Å². The van der Waals surface area contributed by atoms with Gasteiger partial charge in [0, 0.05) is 48.5 Å². The van der Waals surface area contributed by atoms with E-state index in [0.717, 1.165) is 43.7 Å². The van der Waals surface area contributed by atoms with Gasteiger partial charge >= 0.3 is 6.01 Å². The van der Waals surface area contributed by atoms with Crippen molar-refractivity contribution < 1.29 is 22.6 Å². The molecule has 3 fully saturated rings. The highest BCUT2D eigenvalue weighted by molar-refractivity contribution is 7.23. The first-order valence-electron chi connectivity index (χ1n) is 14.8. The molecule has 6 heterocycles. The topological polar surface area (TPSA) is 101 Å². The number of halogens is 4. The Morgan fingerprint density at radius 3 is 2.89 bits per heavy atom. The van der Waals surface area contributed by atoms with E-state index in [2.05, 4.69) is 14.8 Å². The molecule has 0 saturated carbocycles. The molecule has 2 N–H and O–H groups in total. The fourth-order valence-corrected chi connectivity index (χ4v) is 8.93. The smallest absolute Gasteiger partial charge is 0.319 e. The van der Waals surface area contributed by atoms with Gasteiger partial charge in [0.25, 0.3) is 0 Å². The number of thiophene rings is 1. The molecule has 0 unspecified atom stereocenters. The molecule has 0 radical (unpaired) electrons. The highest BCUT2D eigenvalue weighted by Gasteiger charge is 2.48. The van der Waals surface area contributed by atoms with Gasteiger partial charge in [-0.2, -0.15) is 15.2 Å². The second-order valence-electron chi connectivity index (χ2n) is 12.1. The summed E-state index contributed by atoms with van der Waals surface area (Å²) in [5.41, 5.74) is 5.99. The molecular formula is C31H28ClF3N6O2S. The van der Waals surface area contributed by atoms with Crippen LogP contribution in [0.1, 0.15) is 44.1 Å². The Bertz CT molecular complexity index is 1900. The highest BCUT2D eigenvalue weighted by atomic mass is 35.5. The summed E-state index contributed by atoms with van der Waals surface area (Å²) in [6.45, 7) is 2.65. The van der Waals surface area contributed by atoms with Crippen LogP contribution in [0.3, 0.4) is 0 Å². The fourth-order valence-electron chi connectivity index (χ4n) is 7.65. The molecule has 4 aliphatic rings. The van der Waals surface area contributed by atoms with Crippen molar-refractivity contribution in [2.24, 2.45) is 0 Å². The standard InChI is InChI=1S/C31H28ClF3N6O2S/c32-23-21(17-2-3-19(34)27-20(17)18(13-36)28(37)44-27)24(35)25-22-26(23)42-10-5-16-4-9-41(16)29(22)39-30(38-25)43-11-7-31-6-1-8-40(31)14-15(33)12-31/h2-3,15-16H,1,4-12,14,37H2/t15-,16-,31-/m1/s1. The maximum absolute atomic E-state index is 16.9. The van der Waals surface area contributed by atoms with E-state index in [1.165, 1.54) is 12.1 Å². The Labute approximate surface area is 260 Å². The molecule has 13 heteroatoms. The molecule has 3 saturated heterocycles. The Hall–Kier alpha value is -3.53. The van der Waals surface area contributed by atoms with Crippen LogP contribution in [0.15, 0.2) is 12.1 Å². The Morgan fingerprint density at radius 2 is 2.09 bits per heavy atom.